The molecule has 0 saturated carbocycles. The highest BCUT2D eigenvalue weighted by atomic mass is 32.2. The lowest BCUT2D eigenvalue weighted by molar-refractivity contribution is 0.560. The first kappa shape index (κ1) is 17.1. The maximum absolute atomic E-state index is 13.4. The monoisotopic (exact) mass is 302 g/mol. The third kappa shape index (κ3) is 5.19. The van der Waals surface area contributed by atoms with E-state index in [9.17, 15) is 12.8 Å². The predicted molar refractivity (Wildman–Crippen MR) is 78.5 cm³/mol. The molecule has 20 heavy (non-hydrogen) atoms. The van der Waals surface area contributed by atoms with Crippen LogP contribution in [0.15, 0.2) is 23.1 Å². The summed E-state index contributed by atoms with van der Waals surface area (Å²) in [4.78, 5) is 0.0155. The molecule has 1 aromatic carbocycles. The fraction of sp³-hybridized carbons (Fsp3) is 0.571. The molecule has 2 N–H and O–H groups in total. The Kier molecular flexibility index (Phi) is 6.58. The van der Waals surface area contributed by atoms with E-state index >= 15 is 0 Å². The van der Waals surface area contributed by atoms with Gasteiger partial charge in [-0.2, -0.15) is 0 Å². The van der Waals surface area contributed by atoms with Gasteiger partial charge in [0.1, 0.15) is 5.82 Å². The van der Waals surface area contributed by atoms with Crippen LogP contribution in [0, 0.1) is 5.82 Å². The van der Waals surface area contributed by atoms with Crippen molar-refractivity contribution >= 4 is 10.0 Å². The molecule has 0 unspecified atom stereocenters. The Morgan fingerprint density at radius 2 is 2.00 bits per heavy atom. The van der Waals surface area contributed by atoms with E-state index in [1.54, 1.807) is 0 Å². The Balaban J connectivity index is 2.98. The van der Waals surface area contributed by atoms with Gasteiger partial charge in [-0.1, -0.05) is 33.3 Å². The SMILES string of the molecule is CCCCNS(=O)(=O)c1cc(F)ccc1CNC(C)C. The van der Waals surface area contributed by atoms with Crippen LogP contribution in [0.1, 0.15) is 39.2 Å². The topological polar surface area (TPSA) is 58.2 Å². The summed E-state index contributed by atoms with van der Waals surface area (Å²) in [5.41, 5.74) is 0.573. The molecule has 0 radical (unpaired) electrons. The van der Waals surface area contributed by atoms with Crippen molar-refractivity contribution in [3.8, 4) is 0 Å². The molecule has 0 aliphatic carbocycles. The first-order valence-electron chi connectivity index (χ1n) is 6.88. The van der Waals surface area contributed by atoms with E-state index in [2.05, 4.69) is 10.0 Å². The van der Waals surface area contributed by atoms with Crippen LogP contribution >= 0.6 is 0 Å². The number of halogens is 1. The van der Waals surface area contributed by atoms with Gasteiger partial charge < -0.3 is 5.32 Å². The molecule has 0 saturated heterocycles. The molecular formula is C14H23FN2O2S. The average Bonchev–Trinajstić information content (AvgIpc) is 2.37. The van der Waals surface area contributed by atoms with Gasteiger partial charge in [-0.05, 0) is 24.1 Å². The van der Waals surface area contributed by atoms with Gasteiger partial charge in [0, 0.05) is 19.1 Å². The van der Waals surface area contributed by atoms with Crippen molar-refractivity contribution in [1.82, 2.24) is 10.0 Å². The smallest absolute Gasteiger partial charge is 0.240 e. The van der Waals surface area contributed by atoms with Crippen LogP contribution in [-0.4, -0.2) is 21.0 Å². The molecule has 0 atom stereocenters. The number of rotatable bonds is 8. The summed E-state index contributed by atoms with van der Waals surface area (Å²) in [5, 5.41) is 3.15. The minimum atomic E-state index is -3.66. The van der Waals surface area contributed by atoms with E-state index in [1.807, 2.05) is 20.8 Å². The van der Waals surface area contributed by atoms with E-state index in [4.69, 9.17) is 0 Å². The van der Waals surface area contributed by atoms with E-state index < -0.39 is 15.8 Å². The van der Waals surface area contributed by atoms with Crippen molar-refractivity contribution in [2.24, 2.45) is 0 Å². The second-order valence-electron chi connectivity index (χ2n) is 5.04. The third-order valence-corrected chi connectivity index (χ3v) is 4.39. The Hall–Kier alpha value is -0.980. The van der Waals surface area contributed by atoms with E-state index in [1.165, 1.54) is 12.1 Å². The van der Waals surface area contributed by atoms with Crippen molar-refractivity contribution in [2.45, 2.75) is 51.1 Å². The fourth-order valence-electron chi connectivity index (χ4n) is 1.70. The summed E-state index contributed by atoms with van der Waals surface area (Å²) < 4.78 is 40.3. The highest BCUT2D eigenvalue weighted by molar-refractivity contribution is 7.89. The van der Waals surface area contributed by atoms with Gasteiger partial charge >= 0.3 is 0 Å². The zero-order chi connectivity index (χ0) is 15.2. The van der Waals surface area contributed by atoms with Gasteiger partial charge in [-0.25, -0.2) is 17.5 Å². The molecule has 0 aliphatic rings. The van der Waals surface area contributed by atoms with Crippen molar-refractivity contribution in [3.63, 3.8) is 0 Å². The van der Waals surface area contributed by atoms with Crippen LogP contribution in [-0.2, 0) is 16.6 Å². The van der Waals surface area contributed by atoms with Gasteiger partial charge in [0.25, 0.3) is 0 Å². The molecule has 0 aromatic heterocycles. The highest BCUT2D eigenvalue weighted by Crippen LogP contribution is 2.17. The molecule has 4 nitrogen and oxygen atoms in total. The summed E-state index contributed by atoms with van der Waals surface area (Å²) in [6, 6.07) is 4.09. The Morgan fingerprint density at radius 3 is 2.60 bits per heavy atom. The van der Waals surface area contributed by atoms with E-state index in [0.29, 0.717) is 18.7 Å². The zero-order valence-corrected chi connectivity index (χ0v) is 13.1. The number of nitrogens with one attached hydrogen (secondary N) is 2. The summed E-state index contributed by atoms with van der Waals surface area (Å²) >= 11 is 0. The number of hydrogen-bond donors (Lipinski definition) is 2. The standard InChI is InChI=1S/C14H23FN2O2S/c1-4-5-8-17-20(18,19)14-9-13(15)7-6-12(14)10-16-11(2)3/h6-7,9,11,16-17H,4-5,8,10H2,1-3H3. The van der Waals surface area contributed by atoms with E-state index in [0.717, 1.165) is 18.9 Å². The quantitative estimate of drug-likeness (QED) is 0.725. The maximum Gasteiger partial charge on any atom is 0.240 e. The molecule has 1 aromatic rings. The first-order chi connectivity index (χ1) is 9.36. The minimum absolute atomic E-state index is 0.0155. The van der Waals surface area contributed by atoms with Crippen molar-refractivity contribution < 1.29 is 12.8 Å². The summed E-state index contributed by atoms with van der Waals surface area (Å²) in [5.74, 6) is -0.547. The van der Waals surface area contributed by atoms with Gasteiger partial charge in [0.05, 0.1) is 4.90 Å². The molecular weight excluding hydrogens is 279 g/mol. The molecule has 1 rings (SSSR count). The predicted octanol–water partition coefficient (Wildman–Crippen LogP) is 2.40. The molecule has 114 valence electrons. The van der Waals surface area contributed by atoms with Crippen LogP contribution < -0.4 is 10.0 Å². The number of unbranched alkanes of at least 4 members (excludes halogenated alkanes) is 1. The van der Waals surface area contributed by atoms with Crippen LogP contribution in [0.2, 0.25) is 0 Å². The number of sulfonamides is 1. The lowest BCUT2D eigenvalue weighted by Gasteiger charge is -2.14. The maximum atomic E-state index is 13.4. The zero-order valence-electron chi connectivity index (χ0n) is 12.2. The Labute approximate surface area is 120 Å². The van der Waals surface area contributed by atoms with Crippen LogP contribution in [0.25, 0.3) is 0 Å². The molecule has 0 amide bonds. The van der Waals surface area contributed by atoms with Crippen molar-refractivity contribution in [2.75, 3.05) is 6.54 Å². The summed E-state index contributed by atoms with van der Waals surface area (Å²) in [6.45, 7) is 6.68. The number of hydrogen-bond acceptors (Lipinski definition) is 3. The summed E-state index contributed by atoms with van der Waals surface area (Å²) in [7, 11) is -3.66. The van der Waals surface area contributed by atoms with Crippen LogP contribution in [0.3, 0.4) is 0 Å². The third-order valence-electron chi connectivity index (χ3n) is 2.84. The Bertz CT molecular complexity index is 530. The molecule has 0 fully saturated rings. The highest BCUT2D eigenvalue weighted by Gasteiger charge is 2.18. The minimum Gasteiger partial charge on any atom is -0.310 e. The van der Waals surface area contributed by atoms with Gasteiger partial charge in [-0.3, -0.25) is 0 Å². The van der Waals surface area contributed by atoms with E-state index in [-0.39, 0.29) is 10.9 Å². The first-order valence-corrected chi connectivity index (χ1v) is 8.36. The fourth-order valence-corrected chi connectivity index (χ4v) is 3.02. The van der Waals surface area contributed by atoms with Crippen LogP contribution in [0.5, 0.6) is 0 Å². The van der Waals surface area contributed by atoms with Gasteiger partial charge in [0.15, 0.2) is 0 Å². The van der Waals surface area contributed by atoms with Gasteiger partial charge in [-0.15, -0.1) is 0 Å². The second kappa shape index (κ2) is 7.71. The lowest BCUT2D eigenvalue weighted by atomic mass is 10.2. The summed E-state index contributed by atoms with van der Waals surface area (Å²) in [6.07, 6.45) is 1.65. The van der Waals surface area contributed by atoms with Crippen LogP contribution in [0.4, 0.5) is 4.39 Å². The lowest BCUT2D eigenvalue weighted by Crippen LogP contribution is -2.28. The largest absolute Gasteiger partial charge is 0.310 e. The van der Waals surface area contributed by atoms with Crippen molar-refractivity contribution in [3.05, 3.63) is 29.6 Å². The average molecular weight is 302 g/mol. The normalized spacial score (nSPS) is 12.1. The van der Waals surface area contributed by atoms with Crippen molar-refractivity contribution in [1.29, 1.82) is 0 Å². The second-order valence-corrected chi connectivity index (χ2v) is 6.77. The molecule has 0 bridgehead atoms. The molecule has 6 heteroatoms. The number of benzene rings is 1. The molecule has 0 heterocycles. The molecule has 0 spiro atoms. The Morgan fingerprint density at radius 1 is 1.30 bits per heavy atom. The molecule has 0 aliphatic heterocycles. The van der Waals surface area contributed by atoms with Gasteiger partial charge in [0.2, 0.25) is 10.0 Å².